The summed E-state index contributed by atoms with van der Waals surface area (Å²) in [6.45, 7) is 2.22. The van der Waals surface area contributed by atoms with Crippen LogP contribution in [0.1, 0.15) is 44.6 Å². The van der Waals surface area contributed by atoms with Gasteiger partial charge in [-0.2, -0.15) is 0 Å². The Morgan fingerprint density at radius 3 is 2.59 bits per heavy atom. The zero-order chi connectivity index (χ0) is 12.1. The van der Waals surface area contributed by atoms with Crippen LogP contribution < -0.4 is 10.5 Å². The van der Waals surface area contributed by atoms with Gasteiger partial charge in [0.15, 0.2) is 0 Å². The zero-order valence-corrected chi connectivity index (χ0v) is 10.7. The van der Waals surface area contributed by atoms with Crippen molar-refractivity contribution in [3.63, 3.8) is 0 Å². The molecule has 0 saturated heterocycles. The molecule has 17 heavy (non-hydrogen) atoms. The predicted octanol–water partition coefficient (Wildman–Crippen LogP) is 3.29. The fourth-order valence-electron chi connectivity index (χ4n) is 2.39. The summed E-state index contributed by atoms with van der Waals surface area (Å²) in [5.74, 6) is 0.965. The summed E-state index contributed by atoms with van der Waals surface area (Å²) >= 11 is 0. The molecule has 2 nitrogen and oxygen atoms in total. The number of hydrogen-bond acceptors (Lipinski definition) is 2. The van der Waals surface area contributed by atoms with E-state index in [4.69, 9.17) is 10.5 Å². The first-order valence-electron chi connectivity index (χ1n) is 6.81. The maximum Gasteiger partial charge on any atom is 0.119 e. The first-order valence-corrected chi connectivity index (χ1v) is 6.81. The molecule has 1 aromatic carbocycles. The number of nitrogens with two attached hydrogens (primary N) is 1. The number of benzene rings is 1. The van der Waals surface area contributed by atoms with E-state index in [1.807, 2.05) is 0 Å². The van der Waals surface area contributed by atoms with Gasteiger partial charge in [-0.15, -0.1) is 0 Å². The fourth-order valence-corrected chi connectivity index (χ4v) is 2.39. The maximum atomic E-state index is 6.00. The SMILES string of the molecule is CCCCc1ccc(OC2CCCC2N)cc1. The highest BCUT2D eigenvalue weighted by atomic mass is 16.5. The zero-order valence-electron chi connectivity index (χ0n) is 10.7. The Morgan fingerprint density at radius 2 is 2.00 bits per heavy atom. The van der Waals surface area contributed by atoms with Crippen molar-refractivity contribution in [1.82, 2.24) is 0 Å². The molecule has 94 valence electrons. The minimum Gasteiger partial charge on any atom is -0.489 e. The van der Waals surface area contributed by atoms with Crippen molar-refractivity contribution in [2.75, 3.05) is 0 Å². The van der Waals surface area contributed by atoms with Gasteiger partial charge in [0.1, 0.15) is 11.9 Å². The Balaban J connectivity index is 1.89. The van der Waals surface area contributed by atoms with E-state index in [1.165, 1.54) is 31.2 Å². The van der Waals surface area contributed by atoms with E-state index in [-0.39, 0.29) is 12.1 Å². The highest BCUT2D eigenvalue weighted by Gasteiger charge is 2.25. The molecular weight excluding hydrogens is 210 g/mol. The number of ether oxygens (including phenoxy) is 1. The average Bonchev–Trinajstić information content (AvgIpc) is 2.74. The van der Waals surface area contributed by atoms with Crippen LogP contribution in [-0.4, -0.2) is 12.1 Å². The molecule has 1 saturated carbocycles. The van der Waals surface area contributed by atoms with Crippen molar-refractivity contribution in [1.29, 1.82) is 0 Å². The first-order chi connectivity index (χ1) is 8.29. The Kier molecular flexibility index (Phi) is 4.43. The maximum absolute atomic E-state index is 6.00. The molecule has 0 bridgehead atoms. The van der Waals surface area contributed by atoms with Crippen LogP contribution in [-0.2, 0) is 6.42 Å². The molecule has 0 heterocycles. The van der Waals surface area contributed by atoms with Gasteiger partial charge in [-0.3, -0.25) is 0 Å². The van der Waals surface area contributed by atoms with Gasteiger partial charge in [0.25, 0.3) is 0 Å². The minimum atomic E-state index is 0.217. The van der Waals surface area contributed by atoms with Gasteiger partial charge in [0.2, 0.25) is 0 Å². The van der Waals surface area contributed by atoms with E-state index in [1.54, 1.807) is 0 Å². The molecule has 2 unspecified atom stereocenters. The van der Waals surface area contributed by atoms with Crippen LogP contribution in [0.2, 0.25) is 0 Å². The summed E-state index contributed by atoms with van der Waals surface area (Å²) < 4.78 is 5.92. The number of unbranched alkanes of at least 4 members (excludes halogenated alkanes) is 1. The third-order valence-corrected chi connectivity index (χ3v) is 3.53. The molecule has 2 rings (SSSR count). The first kappa shape index (κ1) is 12.4. The van der Waals surface area contributed by atoms with Crippen molar-refractivity contribution >= 4 is 0 Å². The van der Waals surface area contributed by atoms with E-state index in [0.29, 0.717) is 0 Å². The van der Waals surface area contributed by atoms with Crippen LogP contribution in [0, 0.1) is 0 Å². The van der Waals surface area contributed by atoms with E-state index >= 15 is 0 Å². The lowest BCUT2D eigenvalue weighted by Gasteiger charge is -2.18. The predicted molar refractivity (Wildman–Crippen MR) is 71.3 cm³/mol. The quantitative estimate of drug-likeness (QED) is 0.847. The van der Waals surface area contributed by atoms with Gasteiger partial charge in [0.05, 0.1) is 0 Å². The summed E-state index contributed by atoms with van der Waals surface area (Å²) in [7, 11) is 0. The highest BCUT2D eigenvalue weighted by molar-refractivity contribution is 5.27. The van der Waals surface area contributed by atoms with Crippen LogP contribution in [0.4, 0.5) is 0 Å². The third kappa shape index (κ3) is 3.47. The summed E-state index contributed by atoms with van der Waals surface area (Å²) in [5, 5.41) is 0. The van der Waals surface area contributed by atoms with Crippen molar-refractivity contribution in [2.45, 2.75) is 57.6 Å². The normalized spacial score (nSPS) is 23.9. The van der Waals surface area contributed by atoms with Crippen molar-refractivity contribution in [2.24, 2.45) is 5.73 Å². The Labute approximate surface area is 104 Å². The van der Waals surface area contributed by atoms with Gasteiger partial charge in [-0.05, 0) is 49.8 Å². The number of rotatable bonds is 5. The molecule has 0 amide bonds. The summed E-state index contributed by atoms with van der Waals surface area (Å²) in [6, 6.07) is 8.72. The molecule has 1 aliphatic rings. The van der Waals surface area contributed by atoms with E-state index in [0.717, 1.165) is 18.6 Å². The average molecular weight is 233 g/mol. The van der Waals surface area contributed by atoms with Crippen molar-refractivity contribution in [3.8, 4) is 5.75 Å². The molecule has 2 heteroatoms. The molecule has 2 atom stereocenters. The number of hydrogen-bond donors (Lipinski definition) is 1. The van der Waals surface area contributed by atoms with Crippen molar-refractivity contribution in [3.05, 3.63) is 29.8 Å². The summed E-state index contributed by atoms with van der Waals surface area (Å²) in [4.78, 5) is 0. The van der Waals surface area contributed by atoms with Crippen molar-refractivity contribution < 1.29 is 4.74 Å². The highest BCUT2D eigenvalue weighted by Crippen LogP contribution is 2.23. The molecule has 1 fully saturated rings. The second-order valence-corrected chi connectivity index (χ2v) is 5.00. The standard InChI is InChI=1S/C15H23NO/c1-2-3-5-12-8-10-13(11-9-12)17-15-7-4-6-14(15)16/h8-11,14-15H,2-7,16H2,1H3. The van der Waals surface area contributed by atoms with Gasteiger partial charge in [-0.25, -0.2) is 0 Å². The molecule has 2 N–H and O–H groups in total. The van der Waals surface area contributed by atoms with Crippen LogP contribution in [0.3, 0.4) is 0 Å². The lowest BCUT2D eigenvalue weighted by Crippen LogP contribution is -2.33. The Bertz CT molecular complexity index is 333. The monoisotopic (exact) mass is 233 g/mol. The van der Waals surface area contributed by atoms with E-state index in [2.05, 4.69) is 31.2 Å². The second kappa shape index (κ2) is 6.06. The Hall–Kier alpha value is -1.02. The van der Waals surface area contributed by atoms with Gasteiger partial charge in [0, 0.05) is 6.04 Å². The fraction of sp³-hybridized carbons (Fsp3) is 0.600. The molecule has 0 aromatic heterocycles. The smallest absolute Gasteiger partial charge is 0.119 e. The molecule has 0 radical (unpaired) electrons. The Morgan fingerprint density at radius 1 is 1.24 bits per heavy atom. The number of aryl methyl sites for hydroxylation is 1. The van der Waals surface area contributed by atoms with Gasteiger partial charge < -0.3 is 10.5 Å². The van der Waals surface area contributed by atoms with Gasteiger partial charge >= 0.3 is 0 Å². The molecular formula is C15H23NO. The summed E-state index contributed by atoms with van der Waals surface area (Å²) in [5.41, 5.74) is 7.40. The lowest BCUT2D eigenvalue weighted by atomic mass is 10.1. The molecule has 1 aliphatic carbocycles. The molecule has 1 aromatic rings. The third-order valence-electron chi connectivity index (χ3n) is 3.53. The van der Waals surface area contributed by atoms with Crippen LogP contribution in [0.25, 0.3) is 0 Å². The van der Waals surface area contributed by atoms with Crippen LogP contribution in [0.5, 0.6) is 5.75 Å². The topological polar surface area (TPSA) is 35.2 Å². The lowest BCUT2D eigenvalue weighted by molar-refractivity contribution is 0.191. The second-order valence-electron chi connectivity index (χ2n) is 5.00. The van der Waals surface area contributed by atoms with E-state index < -0.39 is 0 Å². The van der Waals surface area contributed by atoms with Crippen LogP contribution >= 0.6 is 0 Å². The minimum absolute atomic E-state index is 0.217. The van der Waals surface area contributed by atoms with Gasteiger partial charge in [-0.1, -0.05) is 25.5 Å². The molecule has 0 aliphatic heterocycles. The van der Waals surface area contributed by atoms with Crippen LogP contribution in [0.15, 0.2) is 24.3 Å². The summed E-state index contributed by atoms with van der Waals surface area (Å²) in [6.07, 6.45) is 7.28. The van der Waals surface area contributed by atoms with E-state index in [9.17, 15) is 0 Å². The largest absolute Gasteiger partial charge is 0.489 e. The molecule has 0 spiro atoms.